The molecule has 0 saturated carbocycles. The van der Waals surface area contributed by atoms with Crippen molar-refractivity contribution in [3.05, 3.63) is 56.5 Å². The molecule has 2 heterocycles. The molecule has 0 spiro atoms. The number of nitrogens with zero attached hydrogens (tertiary/aromatic N) is 3. The maximum Gasteiger partial charge on any atom is 0.279 e. The van der Waals surface area contributed by atoms with Crippen LogP contribution < -0.4 is 11.3 Å². The van der Waals surface area contributed by atoms with Gasteiger partial charge < -0.3 is 15.8 Å². The fraction of sp³-hybridized carbons (Fsp3) is 0.154. The summed E-state index contributed by atoms with van der Waals surface area (Å²) in [5.74, 6) is 0.198. The van der Waals surface area contributed by atoms with E-state index < -0.39 is 0 Å². The highest BCUT2D eigenvalue weighted by Crippen LogP contribution is 2.15. The summed E-state index contributed by atoms with van der Waals surface area (Å²) in [6.45, 7) is -0.311. The number of aliphatic hydroxyl groups excluding tert-OH is 1. The number of aromatic amines is 1. The van der Waals surface area contributed by atoms with Gasteiger partial charge in [-0.3, -0.25) is 4.79 Å². The number of H-pyrrole nitrogens is 1. The largest absolute Gasteiger partial charge is 0.390 e. The standard InChI is InChI=1S/C13H12ClN5O2/c14-8-3-1-2-7(4-8)5-9-10(6-20)16-13-17-12(15)18-19(13)11(9)21/h1-4,20H,5-6H2,(H3,15,16,17,18). The Hall–Kier alpha value is -2.38. The minimum absolute atomic E-state index is 0.00727. The van der Waals surface area contributed by atoms with E-state index in [2.05, 4.69) is 15.1 Å². The van der Waals surface area contributed by atoms with Gasteiger partial charge in [0, 0.05) is 17.0 Å². The van der Waals surface area contributed by atoms with Crippen LogP contribution in [0.25, 0.3) is 5.78 Å². The van der Waals surface area contributed by atoms with Crippen molar-refractivity contribution in [2.24, 2.45) is 0 Å². The summed E-state index contributed by atoms with van der Waals surface area (Å²) in [5.41, 5.74) is 6.77. The van der Waals surface area contributed by atoms with Crippen molar-refractivity contribution in [2.75, 3.05) is 5.73 Å². The Morgan fingerprint density at radius 3 is 2.95 bits per heavy atom. The molecule has 0 radical (unpaired) electrons. The van der Waals surface area contributed by atoms with E-state index in [1.165, 1.54) is 0 Å². The summed E-state index contributed by atoms with van der Waals surface area (Å²) in [7, 11) is 0. The first-order valence-electron chi connectivity index (χ1n) is 6.20. The molecule has 7 nitrogen and oxygen atoms in total. The van der Waals surface area contributed by atoms with E-state index in [0.717, 1.165) is 10.1 Å². The molecule has 3 rings (SSSR count). The second kappa shape index (κ2) is 5.19. The number of rotatable bonds is 3. The monoisotopic (exact) mass is 305 g/mol. The second-order valence-electron chi connectivity index (χ2n) is 4.56. The highest BCUT2D eigenvalue weighted by atomic mass is 35.5. The van der Waals surface area contributed by atoms with Crippen molar-refractivity contribution in [3.8, 4) is 0 Å². The summed E-state index contributed by atoms with van der Waals surface area (Å²) < 4.78 is 1.09. The lowest BCUT2D eigenvalue weighted by atomic mass is 10.0. The van der Waals surface area contributed by atoms with Crippen molar-refractivity contribution in [3.63, 3.8) is 0 Å². The van der Waals surface area contributed by atoms with Crippen LogP contribution in [-0.4, -0.2) is 24.7 Å². The number of hydrogen-bond donors (Lipinski definition) is 3. The molecule has 0 aliphatic rings. The van der Waals surface area contributed by atoms with E-state index in [4.69, 9.17) is 17.3 Å². The molecule has 2 aromatic heterocycles. The Labute approximate surface area is 124 Å². The summed E-state index contributed by atoms with van der Waals surface area (Å²) in [4.78, 5) is 19.2. The van der Waals surface area contributed by atoms with Gasteiger partial charge in [0.15, 0.2) is 0 Å². The molecule has 0 saturated heterocycles. The molecular formula is C13H12ClN5O2. The molecule has 3 aromatic rings. The van der Waals surface area contributed by atoms with Crippen LogP contribution in [0.5, 0.6) is 0 Å². The number of aliphatic hydroxyl groups is 1. The fourth-order valence-corrected chi connectivity index (χ4v) is 2.40. The van der Waals surface area contributed by atoms with Gasteiger partial charge in [0.25, 0.3) is 5.56 Å². The Bertz CT molecular complexity index is 871. The number of halogens is 1. The van der Waals surface area contributed by atoms with Gasteiger partial charge in [0.2, 0.25) is 11.7 Å². The van der Waals surface area contributed by atoms with Crippen molar-refractivity contribution < 1.29 is 5.11 Å². The van der Waals surface area contributed by atoms with E-state index in [1.807, 2.05) is 6.07 Å². The minimum atomic E-state index is -0.364. The third kappa shape index (κ3) is 2.48. The number of nitrogens with two attached hydrogens (primary N) is 1. The van der Waals surface area contributed by atoms with Crippen LogP contribution in [0.2, 0.25) is 5.02 Å². The molecule has 1 aromatic carbocycles. The van der Waals surface area contributed by atoms with Gasteiger partial charge in [-0.05, 0) is 17.7 Å². The van der Waals surface area contributed by atoms with E-state index in [1.54, 1.807) is 18.2 Å². The Morgan fingerprint density at radius 2 is 2.24 bits per heavy atom. The summed E-state index contributed by atoms with van der Waals surface area (Å²) >= 11 is 5.94. The molecule has 0 fully saturated rings. The molecule has 21 heavy (non-hydrogen) atoms. The SMILES string of the molecule is Nc1nc2[nH]c(CO)c(Cc3cccc(Cl)c3)c(=O)n2n1. The highest BCUT2D eigenvalue weighted by Gasteiger charge is 2.14. The number of benzene rings is 1. The van der Waals surface area contributed by atoms with Gasteiger partial charge in [-0.25, -0.2) is 0 Å². The van der Waals surface area contributed by atoms with Crippen LogP contribution >= 0.6 is 11.6 Å². The topological polar surface area (TPSA) is 109 Å². The molecule has 0 atom stereocenters. The average Bonchev–Trinajstić information content (AvgIpc) is 2.83. The number of nitrogens with one attached hydrogen (secondary N) is 1. The van der Waals surface area contributed by atoms with Crippen molar-refractivity contribution >= 4 is 23.3 Å². The lowest BCUT2D eigenvalue weighted by Crippen LogP contribution is -2.23. The van der Waals surface area contributed by atoms with Crippen LogP contribution in [0.15, 0.2) is 29.1 Å². The second-order valence-corrected chi connectivity index (χ2v) is 4.99. The highest BCUT2D eigenvalue weighted by molar-refractivity contribution is 6.30. The number of anilines is 1. The van der Waals surface area contributed by atoms with Gasteiger partial charge >= 0.3 is 0 Å². The summed E-state index contributed by atoms with van der Waals surface area (Å²) in [6.07, 6.45) is 0.321. The van der Waals surface area contributed by atoms with E-state index in [9.17, 15) is 9.90 Å². The van der Waals surface area contributed by atoms with Crippen molar-refractivity contribution in [2.45, 2.75) is 13.0 Å². The number of fused-ring (bicyclic) bond motifs is 1. The van der Waals surface area contributed by atoms with Crippen LogP contribution in [-0.2, 0) is 13.0 Å². The van der Waals surface area contributed by atoms with Gasteiger partial charge in [-0.2, -0.15) is 9.50 Å². The van der Waals surface area contributed by atoms with Crippen LogP contribution in [0.4, 0.5) is 5.95 Å². The maximum atomic E-state index is 12.5. The summed E-state index contributed by atoms with van der Waals surface area (Å²) in [5, 5.41) is 13.9. The average molecular weight is 306 g/mol. The van der Waals surface area contributed by atoms with Crippen LogP contribution in [0.1, 0.15) is 16.8 Å². The van der Waals surface area contributed by atoms with Gasteiger partial charge in [-0.1, -0.05) is 23.7 Å². The first-order valence-corrected chi connectivity index (χ1v) is 6.58. The molecule has 0 bridgehead atoms. The first-order chi connectivity index (χ1) is 10.1. The number of hydrogen-bond acceptors (Lipinski definition) is 5. The van der Waals surface area contributed by atoms with E-state index in [-0.39, 0.29) is 23.9 Å². The molecule has 4 N–H and O–H groups in total. The molecular weight excluding hydrogens is 294 g/mol. The molecule has 0 aliphatic heterocycles. The van der Waals surface area contributed by atoms with Gasteiger partial charge in [0.1, 0.15) is 0 Å². The Morgan fingerprint density at radius 1 is 1.43 bits per heavy atom. The smallest absolute Gasteiger partial charge is 0.279 e. The van der Waals surface area contributed by atoms with Crippen LogP contribution in [0, 0.1) is 0 Å². The predicted octanol–water partition coefficient (Wildman–Crippen LogP) is 0.736. The zero-order valence-corrected chi connectivity index (χ0v) is 11.6. The number of nitrogen functional groups attached to an aromatic ring is 1. The van der Waals surface area contributed by atoms with Crippen LogP contribution in [0.3, 0.4) is 0 Å². The van der Waals surface area contributed by atoms with Gasteiger partial charge in [0.05, 0.1) is 12.3 Å². The van der Waals surface area contributed by atoms with E-state index >= 15 is 0 Å². The normalized spacial score (nSPS) is 11.1. The summed E-state index contributed by atoms with van der Waals surface area (Å²) in [6, 6.07) is 7.18. The lowest BCUT2D eigenvalue weighted by Gasteiger charge is -2.07. The van der Waals surface area contributed by atoms with Crippen molar-refractivity contribution in [1.29, 1.82) is 0 Å². The first kappa shape index (κ1) is 13.6. The molecule has 0 unspecified atom stereocenters. The zero-order valence-electron chi connectivity index (χ0n) is 10.9. The van der Waals surface area contributed by atoms with Crippen molar-refractivity contribution in [1.82, 2.24) is 19.6 Å². The third-order valence-corrected chi connectivity index (χ3v) is 3.36. The Kier molecular flexibility index (Phi) is 3.36. The predicted molar refractivity (Wildman–Crippen MR) is 78.2 cm³/mol. The maximum absolute atomic E-state index is 12.5. The molecule has 0 amide bonds. The minimum Gasteiger partial charge on any atom is -0.390 e. The third-order valence-electron chi connectivity index (χ3n) is 3.13. The van der Waals surface area contributed by atoms with Gasteiger partial charge in [-0.15, -0.1) is 5.10 Å². The Balaban J connectivity index is 2.16. The number of aromatic nitrogens is 4. The molecule has 108 valence electrons. The molecule has 0 aliphatic carbocycles. The quantitative estimate of drug-likeness (QED) is 0.661. The molecule has 8 heteroatoms. The lowest BCUT2D eigenvalue weighted by molar-refractivity contribution is 0.275. The van der Waals surface area contributed by atoms with E-state index in [0.29, 0.717) is 22.7 Å². The fourth-order valence-electron chi connectivity index (χ4n) is 2.19. The zero-order chi connectivity index (χ0) is 15.0.